The number of ketones is 1. The molecule has 1 saturated heterocycles. The number of hydrogen-bond acceptors (Lipinski definition) is 3. The van der Waals surface area contributed by atoms with E-state index in [1.165, 1.54) is 0 Å². The minimum Gasteiger partial charge on any atom is -0.381 e. The molecular weight excluding hydrogens is 196 g/mol. The van der Waals surface area contributed by atoms with E-state index in [9.17, 15) is 4.79 Å². The highest BCUT2D eigenvalue weighted by Gasteiger charge is 2.24. The summed E-state index contributed by atoms with van der Waals surface area (Å²) in [5.41, 5.74) is 1.10. The predicted molar refractivity (Wildman–Crippen MR) is 56.9 cm³/mol. The van der Waals surface area contributed by atoms with E-state index in [1.807, 2.05) is 18.4 Å². The van der Waals surface area contributed by atoms with Crippen molar-refractivity contribution in [3.63, 3.8) is 0 Å². The molecule has 0 bridgehead atoms. The minimum atomic E-state index is 0.0982. The number of Topliss-reactive ketones (excluding diaryl/α,β-unsaturated/α-hetero) is 1. The summed E-state index contributed by atoms with van der Waals surface area (Å²) in [7, 11) is 0. The van der Waals surface area contributed by atoms with Gasteiger partial charge < -0.3 is 4.74 Å². The summed E-state index contributed by atoms with van der Waals surface area (Å²) in [5.74, 6) is 0.373. The first-order valence-electron chi connectivity index (χ1n) is 4.95. The van der Waals surface area contributed by atoms with Crippen molar-refractivity contribution in [1.29, 1.82) is 0 Å². The van der Waals surface area contributed by atoms with Crippen LogP contribution in [0.3, 0.4) is 0 Å². The molecule has 0 N–H and O–H groups in total. The fourth-order valence-electron chi connectivity index (χ4n) is 1.76. The van der Waals surface area contributed by atoms with Crippen molar-refractivity contribution in [1.82, 2.24) is 0 Å². The van der Waals surface area contributed by atoms with Crippen LogP contribution in [0.2, 0.25) is 0 Å². The van der Waals surface area contributed by atoms with Crippen molar-refractivity contribution in [3.05, 3.63) is 21.9 Å². The van der Waals surface area contributed by atoms with Crippen molar-refractivity contribution < 1.29 is 9.53 Å². The quantitative estimate of drug-likeness (QED) is 0.701. The fraction of sp³-hybridized carbons (Fsp3) is 0.545. The van der Waals surface area contributed by atoms with Crippen molar-refractivity contribution in [2.24, 2.45) is 5.92 Å². The monoisotopic (exact) mass is 210 g/mol. The summed E-state index contributed by atoms with van der Waals surface area (Å²) in [6.45, 7) is 3.41. The highest BCUT2D eigenvalue weighted by atomic mass is 32.1. The van der Waals surface area contributed by atoms with E-state index in [2.05, 4.69) is 0 Å². The first-order valence-corrected chi connectivity index (χ1v) is 5.83. The van der Waals surface area contributed by atoms with Crippen LogP contribution in [0.25, 0.3) is 0 Å². The number of carbonyl (C=O) groups is 1. The molecule has 0 aliphatic carbocycles. The van der Waals surface area contributed by atoms with E-state index in [-0.39, 0.29) is 11.7 Å². The van der Waals surface area contributed by atoms with Crippen molar-refractivity contribution >= 4 is 17.1 Å². The van der Waals surface area contributed by atoms with Gasteiger partial charge in [-0.05, 0) is 36.8 Å². The highest BCUT2D eigenvalue weighted by molar-refractivity contribution is 7.12. The van der Waals surface area contributed by atoms with Gasteiger partial charge in [-0.25, -0.2) is 0 Å². The molecule has 0 spiro atoms. The number of ether oxygens (including phenoxy) is 1. The first-order chi connectivity index (χ1) is 6.79. The van der Waals surface area contributed by atoms with E-state index in [0.29, 0.717) is 6.61 Å². The summed E-state index contributed by atoms with van der Waals surface area (Å²) >= 11 is 1.55. The summed E-state index contributed by atoms with van der Waals surface area (Å²) in [5, 5.41) is 1.98. The Bertz CT molecular complexity index is 324. The molecule has 3 heteroatoms. The lowest BCUT2D eigenvalue weighted by Crippen LogP contribution is -2.25. The van der Waals surface area contributed by atoms with E-state index in [4.69, 9.17) is 4.74 Å². The number of aryl methyl sites for hydroxylation is 1. The Kier molecular flexibility index (Phi) is 2.99. The molecule has 2 heterocycles. The largest absolute Gasteiger partial charge is 0.381 e. The second-order valence-electron chi connectivity index (χ2n) is 3.71. The molecule has 1 aromatic heterocycles. The van der Waals surface area contributed by atoms with E-state index < -0.39 is 0 Å². The van der Waals surface area contributed by atoms with Gasteiger partial charge in [-0.3, -0.25) is 4.79 Å². The molecule has 2 nitrogen and oxygen atoms in total. The Morgan fingerprint density at radius 2 is 2.50 bits per heavy atom. The average Bonchev–Trinajstić information content (AvgIpc) is 2.65. The molecule has 0 saturated carbocycles. The molecule has 0 aromatic carbocycles. The van der Waals surface area contributed by atoms with Crippen LogP contribution < -0.4 is 0 Å². The van der Waals surface area contributed by atoms with E-state index in [1.54, 1.807) is 11.3 Å². The lowest BCUT2D eigenvalue weighted by atomic mass is 9.95. The third-order valence-corrected chi connectivity index (χ3v) is 3.65. The van der Waals surface area contributed by atoms with Crippen LogP contribution in [0.1, 0.15) is 28.1 Å². The molecule has 76 valence electrons. The zero-order valence-corrected chi connectivity index (χ0v) is 9.10. The smallest absolute Gasteiger partial charge is 0.178 e. The summed E-state index contributed by atoms with van der Waals surface area (Å²) in [6, 6.07) is 2.00. The topological polar surface area (TPSA) is 26.3 Å². The van der Waals surface area contributed by atoms with Gasteiger partial charge in [0.2, 0.25) is 0 Å². The lowest BCUT2D eigenvalue weighted by Gasteiger charge is -2.20. The van der Waals surface area contributed by atoms with Crippen LogP contribution in [0.4, 0.5) is 0 Å². The van der Waals surface area contributed by atoms with Gasteiger partial charge in [0.05, 0.1) is 11.5 Å². The molecule has 1 unspecified atom stereocenters. The normalized spacial score (nSPS) is 22.2. The van der Waals surface area contributed by atoms with Gasteiger partial charge in [-0.2, -0.15) is 0 Å². The molecule has 14 heavy (non-hydrogen) atoms. The van der Waals surface area contributed by atoms with Crippen molar-refractivity contribution in [2.45, 2.75) is 19.8 Å². The number of carbonyl (C=O) groups excluding carboxylic acids is 1. The third-order valence-electron chi connectivity index (χ3n) is 2.62. The van der Waals surface area contributed by atoms with Crippen molar-refractivity contribution in [2.75, 3.05) is 13.2 Å². The molecule has 1 atom stereocenters. The maximum atomic E-state index is 12.0. The van der Waals surface area contributed by atoms with Crippen LogP contribution in [0, 0.1) is 12.8 Å². The van der Waals surface area contributed by atoms with Gasteiger partial charge in [-0.15, -0.1) is 11.3 Å². The zero-order chi connectivity index (χ0) is 9.97. The van der Waals surface area contributed by atoms with Gasteiger partial charge in [0.25, 0.3) is 0 Å². The molecule has 1 aliphatic heterocycles. The van der Waals surface area contributed by atoms with Crippen LogP contribution in [0.15, 0.2) is 11.4 Å². The summed E-state index contributed by atoms with van der Waals surface area (Å²) in [4.78, 5) is 12.9. The van der Waals surface area contributed by atoms with E-state index in [0.717, 1.165) is 29.9 Å². The second-order valence-corrected chi connectivity index (χ2v) is 4.63. The number of rotatable bonds is 2. The molecule has 1 aromatic rings. The zero-order valence-electron chi connectivity index (χ0n) is 8.29. The Morgan fingerprint density at radius 3 is 3.07 bits per heavy atom. The van der Waals surface area contributed by atoms with Crippen LogP contribution in [0.5, 0.6) is 0 Å². The minimum absolute atomic E-state index is 0.0982. The summed E-state index contributed by atoms with van der Waals surface area (Å²) < 4.78 is 5.32. The number of thiophene rings is 1. The van der Waals surface area contributed by atoms with Crippen LogP contribution in [-0.4, -0.2) is 19.0 Å². The van der Waals surface area contributed by atoms with Crippen LogP contribution in [-0.2, 0) is 4.74 Å². The highest BCUT2D eigenvalue weighted by Crippen LogP contribution is 2.24. The number of hydrogen-bond donors (Lipinski definition) is 0. The first kappa shape index (κ1) is 9.87. The average molecular weight is 210 g/mol. The molecule has 2 rings (SSSR count). The molecular formula is C11H14O2S. The van der Waals surface area contributed by atoms with Crippen LogP contribution >= 0.6 is 11.3 Å². The second kappa shape index (κ2) is 4.24. The standard InChI is InChI=1S/C11H14O2S/c1-8-4-6-14-11(8)10(12)9-3-2-5-13-7-9/h4,6,9H,2-3,5,7H2,1H3. The SMILES string of the molecule is Cc1ccsc1C(=O)C1CCCOC1. The Hall–Kier alpha value is -0.670. The fourth-order valence-corrected chi connectivity index (χ4v) is 2.70. The maximum absolute atomic E-state index is 12.0. The maximum Gasteiger partial charge on any atom is 0.178 e. The van der Waals surface area contributed by atoms with Gasteiger partial charge >= 0.3 is 0 Å². The Balaban J connectivity index is 2.11. The lowest BCUT2D eigenvalue weighted by molar-refractivity contribution is 0.0464. The third kappa shape index (κ3) is 1.88. The Morgan fingerprint density at radius 1 is 1.64 bits per heavy atom. The molecule has 0 amide bonds. The predicted octanol–water partition coefficient (Wildman–Crippen LogP) is 2.67. The van der Waals surface area contributed by atoms with Gasteiger partial charge in [0, 0.05) is 12.5 Å². The summed E-state index contributed by atoms with van der Waals surface area (Å²) in [6.07, 6.45) is 2.00. The molecule has 1 fully saturated rings. The Labute approximate surface area is 87.9 Å². The molecule has 1 aliphatic rings. The van der Waals surface area contributed by atoms with Gasteiger partial charge in [0.1, 0.15) is 0 Å². The molecule has 0 radical (unpaired) electrons. The van der Waals surface area contributed by atoms with Gasteiger partial charge in [0.15, 0.2) is 5.78 Å². The van der Waals surface area contributed by atoms with E-state index >= 15 is 0 Å². The van der Waals surface area contributed by atoms with Gasteiger partial charge in [-0.1, -0.05) is 0 Å². The van der Waals surface area contributed by atoms with Crippen molar-refractivity contribution in [3.8, 4) is 0 Å².